The van der Waals surface area contributed by atoms with Gasteiger partial charge in [0.05, 0.1) is 4.88 Å². The number of hydrogen-bond donors (Lipinski definition) is 2. The summed E-state index contributed by atoms with van der Waals surface area (Å²) in [6.07, 6.45) is -1.38. The maximum atomic E-state index is 13.2. The number of H-pyrrole nitrogens is 1. The SMILES string of the molecule is Cc1nc(-n2nc(-c3cccs3)cc2NC(=O)C2Oc3ccccc3OC2C)[nH]c(=O)c1C. The molecule has 1 amide bonds. The first-order valence-electron chi connectivity index (χ1n) is 10.4. The number of carbonyl (C=O) groups is 1. The van der Waals surface area contributed by atoms with Crippen LogP contribution in [0.1, 0.15) is 18.2 Å². The molecular formula is C23H21N5O4S. The summed E-state index contributed by atoms with van der Waals surface area (Å²) in [5.41, 5.74) is 1.47. The van der Waals surface area contributed by atoms with Gasteiger partial charge in [0.1, 0.15) is 17.6 Å². The lowest BCUT2D eigenvalue weighted by Crippen LogP contribution is -2.46. The molecule has 5 rings (SSSR count). The number of thiophene rings is 1. The zero-order chi connectivity index (χ0) is 23.1. The molecule has 2 N–H and O–H groups in total. The van der Waals surface area contributed by atoms with Gasteiger partial charge in [0.25, 0.3) is 11.5 Å². The number of benzene rings is 1. The van der Waals surface area contributed by atoms with Crippen molar-refractivity contribution in [1.82, 2.24) is 19.7 Å². The third-order valence-corrected chi connectivity index (χ3v) is 6.31. The zero-order valence-electron chi connectivity index (χ0n) is 18.2. The van der Waals surface area contributed by atoms with E-state index in [0.717, 1.165) is 4.88 Å². The maximum absolute atomic E-state index is 13.2. The first-order chi connectivity index (χ1) is 15.9. The van der Waals surface area contributed by atoms with Crippen LogP contribution in [-0.2, 0) is 4.79 Å². The first kappa shape index (κ1) is 21.0. The summed E-state index contributed by atoms with van der Waals surface area (Å²) < 4.78 is 13.2. The number of rotatable bonds is 4. The fraction of sp³-hybridized carbons (Fsp3) is 0.217. The van der Waals surface area contributed by atoms with E-state index in [1.54, 1.807) is 39.0 Å². The molecule has 168 valence electrons. The summed E-state index contributed by atoms with van der Waals surface area (Å²) in [4.78, 5) is 33.7. The van der Waals surface area contributed by atoms with Gasteiger partial charge in [-0.2, -0.15) is 9.78 Å². The second-order valence-electron chi connectivity index (χ2n) is 7.70. The molecule has 33 heavy (non-hydrogen) atoms. The molecule has 1 aliphatic rings. The average Bonchev–Trinajstić information content (AvgIpc) is 3.47. The van der Waals surface area contributed by atoms with Gasteiger partial charge in [0.2, 0.25) is 12.1 Å². The van der Waals surface area contributed by atoms with Crippen molar-refractivity contribution in [2.24, 2.45) is 0 Å². The van der Waals surface area contributed by atoms with Crippen molar-refractivity contribution in [1.29, 1.82) is 0 Å². The molecular weight excluding hydrogens is 442 g/mol. The molecule has 2 atom stereocenters. The Hall–Kier alpha value is -3.92. The molecule has 9 nitrogen and oxygen atoms in total. The van der Waals surface area contributed by atoms with E-state index in [1.165, 1.54) is 16.0 Å². The van der Waals surface area contributed by atoms with E-state index < -0.39 is 18.1 Å². The van der Waals surface area contributed by atoms with Gasteiger partial charge in [-0.1, -0.05) is 18.2 Å². The van der Waals surface area contributed by atoms with Crippen molar-refractivity contribution in [3.8, 4) is 28.0 Å². The van der Waals surface area contributed by atoms with E-state index in [0.29, 0.717) is 34.3 Å². The van der Waals surface area contributed by atoms with E-state index >= 15 is 0 Å². The van der Waals surface area contributed by atoms with E-state index in [1.807, 2.05) is 29.6 Å². The van der Waals surface area contributed by atoms with Gasteiger partial charge in [0.15, 0.2) is 11.5 Å². The summed E-state index contributed by atoms with van der Waals surface area (Å²) in [5, 5.41) is 9.41. The highest BCUT2D eigenvalue weighted by atomic mass is 32.1. The van der Waals surface area contributed by atoms with Crippen LogP contribution in [0.3, 0.4) is 0 Å². The van der Waals surface area contributed by atoms with E-state index in [9.17, 15) is 9.59 Å². The maximum Gasteiger partial charge on any atom is 0.270 e. The molecule has 2 unspecified atom stereocenters. The number of nitrogens with zero attached hydrogens (tertiary/aromatic N) is 3. The number of aromatic amines is 1. The van der Waals surface area contributed by atoms with Gasteiger partial charge >= 0.3 is 0 Å². The van der Waals surface area contributed by atoms with Crippen molar-refractivity contribution < 1.29 is 14.3 Å². The Morgan fingerprint density at radius 3 is 2.61 bits per heavy atom. The molecule has 4 aromatic rings. The normalized spacial score (nSPS) is 17.1. The number of aryl methyl sites for hydroxylation is 1. The largest absolute Gasteiger partial charge is 0.482 e. The highest BCUT2D eigenvalue weighted by molar-refractivity contribution is 7.13. The molecule has 0 spiro atoms. The molecule has 0 radical (unpaired) electrons. The van der Waals surface area contributed by atoms with E-state index in [2.05, 4.69) is 20.4 Å². The van der Waals surface area contributed by atoms with Crippen molar-refractivity contribution in [2.75, 3.05) is 5.32 Å². The minimum atomic E-state index is -0.875. The van der Waals surface area contributed by atoms with Crippen LogP contribution in [0, 0.1) is 13.8 Å². The molecule has 0 saturated carbocycles. The molecule has 0 bridgehead atoms. The number of nitrogens with one attached hydrogen (secondary N) is 2. The quantitative estimate of drug-likeness (QED) is 0.479. The van der Waals surface area contributed by atoms with E-state index in [4.69, 9.17) is 9.47 Å². The number of amides is 1. The number of aromatic nitrogens is 4. The van der Waals surface area contributed by atoms with Gasteiger partial charge in [-0.05, 0) is 44.4 Å². The van der Waals surface area contributed by atoms with Crippen molar-refractivity contribution in [3.05, 3.63) is 69.5 Å². The number of anilines is 1. The Morgan fingerprint density at radius 1 is 1.15 bits per heavy atom. The van der Waals surface area contributed by atoms with Crippen LogP contribution in [0.15, 0.2) is 52.6 Å². The minimum Gasteiger partial charge on any atom is -0.482 e. The molecule has 10 heteroatoms. The Bertz CT molecular complexity index is 1390. The Kier molecular flexibility index (Phi) is 5.21. The van der Waals surface area contributed by atoms with Gasteiger partial charge in [-0.3, -0.25) is 14.6 Å². The van der Waals surface area contributed by atoms with Crippen LogP contribution < -0.4 is 20.3 Å². The molecule has 4 heterocycles. The second kappa shape index (κ2) is 8.21. The summed E-state index contributed by atoms with van der Waals surface area (Å²) in [6.45, 7) is 5.23. The number of para-hydroxylation sites is 2. The lowest BCUT2D eigenvalue weighted by Gasteiger charge is -2.30. The van der Waals surface area contributed by atoms with Gasteiger partial charge in [0, 0.05) is 17.3 Å². The van der Waals surface area contributed by atoms with Crippen molar-refractivity contribution in [2.45, 2.75) is 33.0 Å². The molecule has 0 saturated heterocycles. The zero-order valence-corrected chi connectivity index (χ0v) is 19.0. The van der Waals surface area contributed by atoms with Gasteiger partial charge in [-0.15, -0.1) is 11.3 Å². The fourth-order valence-corrected chi connectivity index (χ4v) is 4.19. The highest BCUT2D eigenvalue weighted by Gasteiger charge is 2.34. The van der Waals surface area contributed by atoms with Crippen LogP contribution in [-0.4, -0.2) is 37.9 Å². The van der Waals surface area contributed by atoms with E-state index in [-0.39, 0.29) is 11.5 Å². The number of hydrogen-bond acceptors (Lipinski definition) is 7. The number of carbonyl (C=O) groups excluding carboxylic acids is 1. The van der Waals surface area contributed by atoms with Crippen LogP contribution in [0.2, 0.25) is 0 Å². The Labute approximate surface area is 193 Å². The standard InChI is InChI=1S/C23H21N5O4S/c1-12-13(2)24-23(26-21(12)29)28-19(11-15(27-28)18-9-6-10-33-18)25-22(30)20-14(3)31-16-7-4-5-8-17(16)32-20/h4-11,14,20H,1-3H3,(H,25,30)(H,24,26,29). The minimum absolute atomic E-state index is 0.209. The predicted molar refractivity (Wildman–Crippen MR) is 124 cm³/mol. The topological polar surface area (TPSA) is 111 Å². The molecule has 1 aliphatic heterocycles. The van der Waals surface area contributed by atoms with Crippen molar-refractivity contribution in [3.63, 3.8) is 0 Å². The lowest BCUT2D eigenvalue weighted by atomic mass is 10.1. The third kappa shape index (κ3) is 3.89. The molecule has 3 aromatic heterocycles. The van der Waals surface area contributed by atoms with Crippen LogP contribution in [0.4, 0.5) is 5.82 Å². The molecule has 1 aromatic carbocycles. The van der Waals surface area contributed by atoms with Crippen LogP contribution in [0.5, 0.6) is 11.5 Å². The monoisotopic (exact) mass is 463 g/mol. The summed E-state index contributed by atoms with van der Waals surface area (Å²) in [5.74, 6) is 1.26. The molecule has 0 aliphatic carbocycles. The van der Waals surface area contributed by atoms with Crippen LogP contribution in [0.25, 0.3) is 16.5 Å². The predicted octanol–water partition coefficient (Wildman–Crippen LogP) is 3.47. The summed E-state index contributed by atoms with van der Waals surface area (Å²) in [7, 11) is 0. The number of fused-ring (bicyclic) bond motifs is 1. The smallest absolute Gasteiger partial charge is 0.270 e. The Balaban J connectivity index is 1.51. The summed E-state index contributed by atoms with van der Waals surface area (Å²) in [6, 6.07) is 12.8. The molecule has 0 fully saturated rings. The Morgan fingerprint density at radius 2 is 1.91 bits per heavy atom. The van der Waals surface area contributed by atoms with Crippen LogP contribution >= 0.6 is 11.3 Å². The van der Waals surface area contributed by atoms with Gasteiger partial charge in [-0.25, -0.2) is 4.98 Å². The second-order valence-corrected chi connectivity index (χ2v) is 8.65. The third-order valence-electron chi connectivity index (χ3n) is 5.42. The average molecular weight is 464 g/mol. The fourth-order valence-electron chi connectivity index (χ4n) is 3.51. The number of ether oxygens (including phenoxy) is 2. The van der Waals surface area contributed by atoms with Gasteiger partial charge < -0.3 is 14.8 Å². The lowest BCUT2D eigenvalue weighted by molar-refractivity contribution is -0.128. The first-order valence-corrected chi connectivity index (χ1v) is 11.2. The summed E-state index contributed by atoms with van der Waals surface area (Å²) >= 11 is 1.52. The van der Waals surface area contributed by atoms with Crippen molar-refractivity contribution >= 4 is 23.1 Å². The highest BCUT2D eigenvalue weighted by Crippen LogP contribution is 2.34.